The molecule has 0 atom stereocenters. The summed E-state index contributed by atoms with van der Waals surface area (Å²) in [6.45, 7) is 4.20. The van der Waals surface area contributed by atoms with E-state index in [1.807, 2.05) is 121 Å². The topological polar surface area (TPSA) is 176 Å². The highest BCUT2D eigenvalue weighted by atomic mass is 35.5. The number of phenols is 4. The minimum absolute atomic E-state index is 0.0417. The minimum Gasteiger partial charge on any atom is -0.508 e. The summed E-state index contributed by atoms with van der Waals surface area (Å²) in [5.41, 5.74) is 15.0. The summed E-state index contributed by atoms with van der Waals surface area (Å²) in [6.07, 6.45) is 0. The maximum absolute atomic E-state index is 10.1. The van der Waals surface area contributed by atoms with Crippen molar-refractivity contribution in [3.05, 3.63) is 237 Å². The van der Waals surface area contributed by atoms with Gasteiger partial charge in [-0.05, 0) is 86.1 Å². The molecule has 9 aromatic carbocycles. The molecule has 402 valence electrons. The standard InChI is InChI=1S/C23H20N2O.C22H16Cl2N2O2.C21H14Cl2N2O2/c1-15-11-12-16(2)20(13-15)22-21(17-7-4-3-5-8-17)24-23(25-22)18-9-6-10-19(26)14-18;1-28-18-11-10-14(12-17(18)27)22-25-20(13-6-3-2-4-7-13)21(26-22)15-8-5-9-16(23)19(15)24;22-15-8-4-7-14(18(15)23)20-19(12-5-2-1-3-6-12)24-21(25-20)13-9-10-16(26)17(27)11-13/h3-14,26H,1-2H3,(H,24,25);2-12,27H,1H3,(H,25,26);1-11,26-27H,(H,24,25). The summed E-state index contributed by atoms with van der Waals surface area (Å²) >= 11 is 25.3. The molecular formula is C66H50Cl4N6O5. The second-order valence-corrected chi connectivity index (χ2v) is 20.3. The summed E-state index contributed by atoms with van der Waals surface area (Å²) < 4.78 is 5.12. The van der Waals surface area contributed by atoms with Gasteiger partial charge in [0.2, 0.25) is 0 Å². The first-order valence-electron chi connectivity index (χ1n) is 25.4. The molecular weight excluding hydrogens is 1100 g/mol. The van der Waals surface area contributed by atoms with Gasteiger partial charge >= 0.3 is 0 Å². The van der Waals surface area contributed by atoms with Gasteiger partial charge in [0, 0.05) is 50.1 Å². The average molecular weight is 1150 g/mol. The van der Waals surface area contributed by atoms with E-state index in [-0.39, 0.29) is 23.0 Å². The van der Waals surface area contributed by atoms with Gasteiger partial charge in [0.05, 0.1) is 61.4 Å². The lowest BCUT2D eigenvalue weighted by molar-refractivity contribution is 0.373. The maximum Gasteiger partial charge on any atom is 0.160 e. The third kappa shape index (κ3) is 12.2. The van der Waals surface area contributed by atoms with Crippen LogP contribution in [0.1, 0.15) is 11.1 Å². The number of halogens is 4. The maximum atomic E-state index is 10.1. The molecule has 0 spiro atoms. The molecule has 0 saturated carbocycles. The van der Waals surface area contributed by atoms with Gasteiger partial charge in [0.15, 0.2) is 23.0 Å². The Morgan fingerprint density at radius 3 is 1.23 bits per heavy atom. The lowest BCUT2D eigenvalue weighted by Gasteiger charge is -2.08. The average Bonchev–Trinajstić information content (AvgIpc) is 4.38. The van der Waals surface area contributed by atoms with Gasteiger partial charge in [-0.2, -0.15) is 0 Å². The van der Waals surface area contributed by atoms with Crippen LogP contribution in [0.4, 0.5) is 0 Å². The van der Waals surface area contributed by atoms with E-state index in [0.29, 0.717) is 48.7 Å². The molecule has 0 aliphatic carbocycles. The summed E-state index contributed by atoms with van der Waals surface area (Å²) in [7, 11) is 1.51. The van der Waals surface area contributed by atoms with E-state index >= 15 is 0 Å². The molecule has 0 saturated heterocycles. The first kappa shape index (κ1) is 55.1. The molecule has 11 nitrogen and oxygen atoms in total. The number of hydrogen-bond donors (Lipinski definition) is 7. The zero-order valence-electron chi connectivity index (χ0n) is 43.7. The molecule has 7 N–H and O–H groups in total. The van der Waals surface area contributed by atoms with E-state index in [2.05, 4.69) is 59.1 Å². The van der Waals surface area contributed by atoms with Gasteiger partial charge in [0.25, 0.3) is 0 Å². The summed E-state index contributed by atoms with van der Waals surface area (Å²) in [5.74, 6) is 2.15. The van der Waals surface area contributed by atoms with E-state index < -0.39 is 0 Å². The summed E-state index contributed by atoms with van der Waals surface area (Å²) in [4.78, 5) is 24.5. The van der Waals surface area contributed by atoms with Crippen molar-refractivity contribution in [2.75, 3.05) is 7.11 Å². The van der Waals surface area contributed by atoms with Crippen LogP contribution in [0.2, 0.25) is 20.1 Å². The van der Waals surface area contributed by atoms with E-state index in [1.165, 1.54) is 30.4 Å². The Hall–Kier alpha value is -9.23. The largest absolute Gasteiger partial charge is 0.508 e. The van der Waals surface area contributed by atoms with Crippen LogP contribution >= 0.6 is 46.4 Å². The van der Waals surface area contributed by atoms with Crippen LogP contribution in [0.25, 0.3) is 102 Å². The Bertz CT molecular complexity index is 4190. The SMILES string of the molecule is COc1ccc(-c2nc(-c3ccccc3)c(-c3cccc(Cl)c3Cl)[nH]2)cc1O.Cc1ccc(C)c(-c2[nH]c(-c3cccc(O)c3)nc2-c2ccccc2)c1.Oc1ccc(-c2nc(-c3ccccc3)c(-c3cccc(Cl)c3Cl)[nH]2)cc1O. The molecule has 0 bridgehead atoms. The van der Waals surface area contributed by atoms with Gasteiger partial charge in [-0.25, -0.2) is 15.0 Å². The minimum atomic E-state index is -0.215. The number of ether oxygens (including phenoxy) is 1. The third-order valence-electron chi connectivity index (χ3n) is 13.2. The Labute approximate surface area is 487 Å². The highest BCUT2D eigenvalue weighted by Crippen LogP contribution is 2.43. The first-order valence-corrected chi connectivity index (χ1v) is 26.9. The summed E-state index contributed by atoms with van der Waals surface area (Å²) in [5, 5.41) is 41.1. The number of nitrogens with zero attached hydrogens (tertiary/aromatic N) is 3. The van der Waals surface area contributed by atoms with Gasteiger partial charge in [0.1, 0.15) is 23.2 Å². The van der Waals surface area contributed by atoms with Crippen LogP contribution in [0.3, 0.4) is 0 Å². The summed E-state index contributed by atoms with van der Waals surface area (Å²) in [6, 6.07) is 63.8. The number of aryl methyl sites for hydroxylation is 2. The number of rotatable bonds is 10. The number of aromatic amines is 3. The van der Waals surface area contributed by atoms with Crippen molar-refractivity contribution in [2.24, 2.45) is 0 Å². The number of nitrogens with one attached hydrogen (secondary N) is 3. The van der Waals surface area contributed by atoms with E-state index in [4.69, 9.17) is 66.1 Å². The van der Waals surface area contributed by atoms with Crippen molar-refractivity contribution in [1.82, 2.24) is 29.9 Å². The molecule has 0 amide bonds. The molecule has 0 aliphatic rings. The fraction of sp³-hybridized carbons (Fsp3) is 0.0455. The van der Waals surface area contributed by atoms with Gasteiger partial charge < -0.3 is 40.1 Å². The predicted molar refractivity (Wildman–Crippen MR) is 327 cm³/mol. The molecule has 15 heteroatoms. The number of H-pyrrole nitrogens is 3. The Kier molecular flexibility index (Phi) is 16.6. The van der Waals surface area contributed by atoms with Crippen molar-refractivity contribution >= 4 is 46.4 Å². The van der Waals surface area contributed by atoms with Crippen molar-refractivity contribution in [2.45, 2.75) is 13.8 Å². The molecule has 3 aromatic heterocycles. The van der Waals surface area contributed by atoms with Crippen LogP contribution < -0.4 is 4.74 Å². The predicted octanol–water partition coefficient (Wildman–Crippen LogP) is 18.3. The van der Waals surface area contributed by atoms with Gasteiger partial charge in [-0.15, -0.1) is 0 Å². The number of aromatic nitrogens is 6. The zero-order valence-corrected chi connectivity index (χ0v) is 46.7. The molecule has 12 aromatic rings. The Morgan fingerprint density at radius 1 is 0.370 bits per heavy atom. The second kappa shape index (κ2) is 24.4. The highest BCUT2D eigenvalue weighted by molar-refractivity contribution is 6.44. The zero-order chi connectivity index (χ0) is 56.7. The molecule has 12 rings (SSSR count). The lowest BCUT2D eigenvalue weighted by Crippen LogP contribution is -1.88. The molecule has 3 heterocycles. The van der Waals surface area contributed by atoms with Crippen molar-refractivity contribution in [3.63, 3.8) is 0 Å². The lowest BCUT2D eigenvalue weighted by atomic mass is 9.99. The molecule has 0 unspecified atom stereocenters. The van der Waals surface area contributed by atoms with Crippen molar-refractivity contribution in [3.8, 4) is 130 Å². The number of aromatic hydroxyl groups is 4. The van der Waals surface area contributed by atoms with E-state index in [0.717, 1.165) is 78.8 Å². The Morgan fingerprint density at radius 2 is 0.790 bits per heavy atom. The molecule has 0 aliphatic heterocycles. The van der Waals surface area contributed by atoms with E-state index in [9.17, 15) is 20.4 Å². The van der Waals surface area contributed by atoms with Crippen LogP contribution in [0, 0.1) is 13.8 Å². The quantitative estimate of drug-likeness (QED) is 0.0662. The fourth-order valence-corrected chi connectivity index (χ4v) is 9.88. The number of phenolic OH excluding ortho intramolecular Hbond substituents is 4. The van der Waals surface area contributed by atoms with Crippen molar-refractivity contribution in [1.29, 1.82) is 0 Å². The molecule has 81 heavy (non-hydrogen) atoms. The number of benzene rings is 9. The van der Waals surface area contributed by atoms with Gasteiger partial charge in [-0.1, -0.05) is 191 Å². The van der Waals surface area contributed by atoms with Crippen LogP contribution in [0.5, 0.6) is 28.7 Å². The van der Waals surface area contributed by atoms with Crippen LogP contribution in [-0.4, -0.2) is 57.4 Å². The van der Waals surface area contributed by atoms with Crippen LogP contribution in [0.15, 0.2) is 206 Å². The van der Waals surface area contributed by atoms with E-state index in [1.54, 1.807) is 42.5 Å². The second-order valence-electron chi connectivity index (χ2n) is 18.7. The Balaban J connectivity index is 0.000000136. The first-order chi connectivity index (χ1) is 39.2. The fourth-order valence-electron chi connectivity index (χ4n) is 9.09. The smallest absolute Gasteiger partial charge is 0.160 e. The van der Waals surface area contributed by atoms with Crippen molar-refractivity contribution < 1.29 is 25.2 Å². The third-order valence-corrected chi connectivity index (χ3v) is 14.8. The normalized spacial score (nSPS) is 10.9. The number of methoxy groups -OCH3 is 1. The number of imidazole rings is 3. The van der Waals surface area contributed by atoms with Crippen LogP contribution in [-0.2, 0) is 0 Å². The monoisotopic (exact) mass is 1150 g/mol. The highest BCUT2D eigenvalue weighted by Gasteiger charge is 2.22. The van der Waals surface area contributed by atoms with Gasteiger partial charge in [-0.3, -0.25) is 0 Å². The molecule has 0 fully saturated rings. The number of hydrogen-bond acceptors (Lipinski definition) is 8. The molecule has 0 radical (unpaired) electrons.